The molecule has 0 aromatic heterocycles. The van der Waals surface area contributed by atoms with Gasteiger partial charge in [0.1, 0.15) is 5.75 Å². The van der Waals surface area contributed by atoms with Gasteiger partial charge in [-0.05, 0) is 61.1 Å². The van der Waals surface area contributed by atoms with E-state index in [1.165, 1.54) is 12.8 Å². The van der Waals surface area contributed by atoms with Crippen LogP contribution in [0.4, 0.5) is 0 Å². The summed E-state index contributed by atoms with van der Waals surface area (Å²) in [6.45, 7) is 3.59. The molecule has 0 fully saturated rings. The van der Waals surface area contributed by atoms with Crippen LogP contribution in [0.3, 0.4) is 0 Å². The molecule has 162 valence electrons. The van der Waals surface area contributed by atoms with E-state index in [2.05, 4.69) is 6.92 Å². The second-order valence-corrected chi connectivity index (χ2v) is 7.35. The Balaban J connectivity index is 1.76. The van der Waals surface area contributed by atoms with E-state index in [0.29, 0.717) is 12.2 Å². The summed E-state index contributed by atoms with van der Waals surface area (Å²) in [6, 6.07) is 15.5. The molecule has 0 radical (unpaired) electrons. The fourth-order valence-electron chi connectivity index (χ4n) is 2.96. The Morgan fingerprint density at radius 1 is 0.800 bits per heavy atom. The monoisotopic (exact) mass is 410 g/mol. The molecule has 0 bridgehead atoms. The first kappa shape index (κ1) is 23.7. The van der Waals surface area contributed by atoms with Crippen LogP contribution in [0.1, 0.15) is 73.4 Å². The van der Waals surface area contributed by atoms with Gasteiger partial charge in [-0.1, -0.05) is 62.6 Å². The third-order valence-corrected chi connectivity index (χ3v) is 4.80. The third kappa shape index (κ3) is 9.27. The van der Waals surface area contributed by atoms with Crippen molar-refractivity contribution >= 4 is 18.1 Å². The highest BCUT2D eigenvalue weighted by molar-refractivity contribution is 5.89. The van der Waals surface area contributed by atoms with Crippen molar-refractivity contribution in [3.8, 4) is 5.75 Å². The number of rotatable bonds is 14. The Labute approximate surface area is 180 Å². The predicted molar refractivity (Wildman–Crippen MR) is 123 cm³/mol. The van der Waals surface area contributed by atoms with Crippen LogP contribution in [0.5, 0.6) is 5.75 Å². The highest BCUT2D eigenvalue weighted by atomic mass is 16.5. The van der Waals surface area contributed by atoms with Gasteiger partial charge >= 0.3 is 5.97 Å². The second kappa shape index (κ2) is 14.4. The van der Waals surface area contributed by atoms with E-state index in [4.69, 9.17) is 14.6 Å². The van der Waals surface area contributed by atoms with Crippen molar-refractivity contribution in [1.82, 2.24) is 0 Å². The van der Waals surface area contributed by atoms with Gasteiger partial charge in [-0.15, -0.1) is 0 Å². The summed E-state index contributed by atoms with van der Waals surface area (Å²) < 4.78 is 11.0. The summed E-state index contributed by atoms with van der Waals surface area (Å²) in [5.41, 5.74) is 2.68. The molecular formula is C26H34O4. The lowest BCUT2D eigenvalue weighted by molar-refractivity contribution is 0.0497. The summed E-state index contributed by atoms with van der Waals surface area (Å²) in [5.74, 6) is 0.613. The van der Waals surface area contributed by atoms with Crippen LogP contribution in [-0.2, 0) is 4.74 Å². The molecule has 30 heavy (non-hydrogen) atoms. The highest BCUT2D eigenvalue weighted by Crippen LogP contribution is 2.16. The molecule has 2 rings (SSSR count). The van der Waals surface area contributed by atoms with Gasteiger partial charge in [0.2, 0.25) is 0 Å². The first-order valence-electron chi connectivity index (χ1n) is 11.0. The van der Waals surface area contributed by atoms with Crippen LogP contribution >= 0.6 is 0 Å². The first-order chi connectivity index (χ1) is 14.7. The van der Waals surface area contributed by atoms with E-state index in [1.807, 2.05) is 48.6 Å². The SMILES string of the molecule is CCCCCOc1ccc(/C=C/c2ccc(C(=O)OCCCCCCO)cc2)cc1. The van der Waals surface area contributed by atoms with Crippen molar-refractivity contribution in [1.29, 1.82) is 0 Å². The van der Waals surface area contributed by atoms with Gasteiger partial charge < -0.3 is 14.6 Å². The predicted octanol–water partition coefficient (Wildman–Crippen LogP) is 6.14. The van der Waals surface area contributed by atoms with Crippen LogP contribution in [0.2, 0.25) is 0 Å². The lowest BCUT2D eigenvalue weighted by Gasteiger charge is -2.06. The van der Waals surface area contributed by atoms with Gasteiger partial charge in [0, 0.05) is 6.61 Å². The molecule has 0 amide bonds. The quantitative estimate of drug-likeness (QED) is 0.231. The van der Waals surface area contributed by atoms with Crippen LogP contribution in [0, 0.1) is 0 Å². The van der Waals surface area contributed by atoms with Crippen LogP contribution in [0.25, 0.3) is 12.2 Å². The smallest absolute Gasteiger partial charge is 0.338 e. The van der Waals surface area contributed by atoms with Gasteiger partial charge in [-0.2, -0.15) is 0 Å². The van der Waals surface area contributed by atoms with E-state index >= 15 is 0 Å². The van der Waals surface area contributed by atoms with Crippen LogP contribution < -0.4 is 4.74 Å². The Morgan fingerprint density at radius 2 is 1.40 bits per heavy atom. The molecule has 2 aromatic rings. The highest BCUT2D eigenvalue weighted by Gasteiger charge is 2.06. The van der Waals surface area contributed by atoms with Crippen LogP contribution in [0.15, 0.2) is 48.5 Å². The number of carbonyl (C=O) groups is 1. The molecule has 0 aliphatic rings. The number of ether oxygens (including phenoxy) is 2. The van der Waals surface area contributed by atoms with E-state index in [9.17, 15) is 4.79 Å². The summed E-state index contributed by atoms with van der Waals surface area (Å²) >= 11 is 0. The average Bonchev–Trinajstić information content (AvgIpc) is 2.78. The summed E-state index contributed by atoms with van der Waals surface area (Å²) in [4.78, 5) is 12.1. The fraction of sp³-hybridized carbons (Fsp3) is 0.423. The molecule has 0 unspecified atom stereocenters. The maximum Gasteiger partial charge on any atom is 0.338 e. The van der Waals surface area contributed by atoms with Crippen molar-refractivity contribution in [2.75, 3.05) is 19.8 Å². The minimum atomic E-state index is -0.290. The molecule has 0 aliphatic heterocycles. The molecule has 4 heteroatoms. The van der Waals surface area contributed by atoms with Crippen molar-refractivity contribution in [3.63, 3.8) is 0 Å². The van der Waals surface area contributed by atoms with Crippen LogP contribution in [-0.4, -0.2) is 30.9 Å². The Morgan fingerprint density at radius 3 is 2.03 bits per heavy atom. The van der Waals surface area contributed by atoms with E-state index < -0.39 is 0 Å². The molecule has 2 aromatic carbocycles. The van der Waals surface area contributed by atoms with E-state index in [1.54, 1.807) is 12.1 Å². The Bertz CT molecular complexity index is 748. The van der Waals surface area contributed by atoms with Crippen molar-refractivity contribution in [2.24, 2.45) is 0 Å². The zero-order valence-electron chi connectivity index (χ0n) is 18.0. The maximum absolute atomic E-state index is 12.1. The lowest BCUT2D eigenvalue weighted by Crippen LogP contribution is -2.06. The van der Waals surface area contributed by atoms with E-state index in [-0.39, 0.29) is 12.6 Å². The molecule has 4 nitrogen and oxygen atoms in total. The summed E-state index contributed by atoms with van der Waals surface area (Å²) in [5, 5.41) is 8.74. The normalized spacial score (nSPS) is 11.0. The van der Waals surface area contributed by atoms with Crippen molar-refractivity contribution in [3.05, 3.63) is 65.2 Å². The van der Waals surface area contributed by atoms with Gasteiger partial charge in [0.15, 0.2) is 0 Å². The number of carbonyl (C=O) groups excluding carboxylic acids is 1. The zero-order valence-corrected chi connectivity index (χ0v) is 18.0. The summed E-state index contributed by atoms with van der Waals surface area (Å²) in [7, 11) is 0. The van der Waals surface area contributed by atoms with Gasteiger partial charge in [0.05, 0.1) is 18.8 Å². The zero-order chi connectivity index (χ0) is 21.4. The fourth-order valence-corrected chi connectivity index (χ4v) is 2.96. The Kier molecular flexibility index (Phi) is 11.4. The number of hydrogen-bond acceptors (Lipinski definition) is 4. The molecule has 0 aliphatic carbocycles. The standard InChI is InChI=1S/C26H34O4/c1-2-3-7-20-29-25-17-13-23(14-18-25)10-9-22-11-15-24(16-12-22)26(28)30-21-8-5-4-6-19-27/h9-18,27H,2-8,19-21H2,1H3/b10-9+. The lowest BCUT2D eigenvalue weighted by atomic mass is 10.1. The molecule has 1 N–H and O–H groups in total. The van der Waals surface area contributed by atoms with Crippen molar-refractivity contribution in [2.45, 2.75) is 51.9 Å². The number of unbranched alkanes of at least 4 members (excludes halogenated alkanes) is 5. The molecule has 0 spiro atoms. The topological polar surface area (TPSA) is 55.8 Å². The summed E-state index contributed by atoms with van der Waals surface area (Å²) in [6.07, 6.45) is 11.1. The number of benzene rings is 2. The number of esters is 1. The van der Waals surface area contributed by atoms with Gasteiger partial charge in [-0.25, -0.2) is 4.79 Å². The third-order valence-electron chi connectivity index (χ3n) is 4.80. The van der Waals surface area contributed by atoms with E-state index in [0.717, 1.165) is 55.6 Å². The van der Waals surface area contributed by atoms with Crippen molar-refractivity contribution < 1.29 is 19.4 Å². The molecule has 0 saturated carbocycles. The van der Waals surface area contributed by atoms with Gasteiger partial charge in [0.25, 0.3) is 0 Å². The first-order valence-corrected chi connectivity index (χ1v) is 11.0. The minimum Gasteiger partial charge on any atom is -0.494 e. The molecular weight excluding hydrogens is 376 g/mol. The molecule has 0 saturated heterocycles. The minimum absolute atomic E-state index is 0.222. The largest absolute Gasteiger partial charge is 0.494 e. The second-order valence-electron chi connectivity index (χ2n) is 7.35. The molecule has 0 atom stereocenters. The number of aliphatic hydroxyl groups excluding tert-OH is 1. The van der Waals surface area contributed by atoms with Gasteiger partial charge in [-0.3, -0.25) is 0 Å². The average molecular weight is 411 g/mol. The maximum atomic E-state index is 12.1. The number of aliphatic hydroxyl groups is 1. The number of hydrogen-bond donors (Lipinski definition) is 1. The Hall–Kier alpha value is -2.59. The molecule has 0 heterocycles.